The molecular weight excluding hydrogens is 206 g/mol. The van der Waals surface area contributed by atoms with Gasteiger partial charge in [0.25, 0.3) is 5.91 Å². The molecule has 2 nitrogen and oxygen atoms in total. The Labute approximate surface area is 95.7 Å². The summed E-state index contributed by atoms with van der Waals surface area (Å²) in [6, 6.07) is 3.75. The van der Waals surface area contributed by atoms with E-state index in [-0.39, 0.29) is 11.3 Å². The Morgan fingerprint density at radius 1 is 1.53 bits per heavy atom. The monoisotopic (exact) mass is 225 g/mol. The molecule has 1 aromatic rings. The van der Waals surface area contributed by atoms with E-state index in [1.54, 1.807) is 0 Å². The minimum atomic E-state index is 0.0405. The minimum absolute atomic E-state index is 0.0405. The lowest BCUT2D eigenvalue weighted by atomic mass is 9.81. The van der Waals surface area contributed by atoms with Gasteiger partial charge in [0.15, 0.2) is 0 Å². The third-order valence-corrected chi connectivity index (χ3v) is 3.88. The van der Waals surface area contributed by atoms with Crippen molar-refractivity contribution in [1.29, 1.82) is 0 Å². The number of hydrogen-bond acceptors (Lipinski definition) is 2. The third-order valence-electron chi connectivity index (χ3n) is 3.01. The van der Waals surface area contributed by atoms with Crippen molar-refractivity contribution in [2.24, 2.45) is 11.3 Å². The number of thiophene rings is 1. The summed E-state index contributed by atoms with van der Waals surface area (Å²) >= 11 is 1.48. The zero-order valence-electron chi connectivity index (χ0n) is 9.83. The van der Waals surface area contributed by atoms with Gasteiger partial charge in [0.05, 0.1) is 4.88 Å². The van der Waals surface area contributed by atoms with E-state index < -0.39 is 0 Å². The molecule has 0 spiro atoms. The molecule has 0 bridgehead atoms. The second-order valence-corrected chi connectivity index (χ2v) is 5.75. The van der Waals surface area contributed by atoms with Gasteiger partial charge in [-0.05, 0) is 22.8 Å². The minimum Gasteiger partial charge on any atom is -0.351 e. The van der Waals surface area contributed by atoms with Crippen LogP contribution in [-0.4, -0.2) is 12.5 Å². The van der Waals surface area contributed by atoms with E-state index in [1.165, 1.54) is 11.3 Å². The van der Waals surface area contributed by atoms with Crippen LogP contribution >= 0.6 is 11.3 Å². The SMILES string of the molecule is CC(C)C(C)(C)CNC(=O)c1cccs1. The molecule has 0 aromatic carbocycles. The molecule has 0 aliphatic heterocycles. The highest BCUT2D eigenvalue weighted by molar-refractivity contribution is 7.12. The van der Waals surface area contributed by atoms with Crippen molar-refractivity contribution in [3.05, 3.63) is 22.4 Å². The van der Waals surface area contributed by atoms with Gasteiger partial charge < -0.3 is 5.32 Å². The molecule has 0 radical (unpaired) electrons. The van der Waals surface area contributed by atoms with Gasteiger partial charge in [-0.2, -0.15) is 0 Å². The van der Waals surface area contributed by atoms with Crippen LogP contribution < -0.4 is 5.32 Å². The van der Waals surface area contributed by atoms with E-state index >= 15 is 0 Å². The quantitative estimate of drug-likeness (QED) is 0.838. The molecule has 0 atom stereocenters. The summed E-state index contributed by atoms with van der Waals surface area (Å²) in [6.45, 7) is 9.43. The average molecular weight is 225 g/mol. The molecule has 0 saturated heterocycles. The number of nitrogens with one attached hydrogen (secondary N) is 1. The topological polar surface area (TPSA) is 29.1 Å². The number of carbonyl (C=O) groups is 1. The normalized spacial score (nSPS) is 11.8. The lowest BCUT2D eigenvalue weighted by Gasteiger charge is -2.29. The molecule has 1 N–H and O–H groups in total. The largest absolute Gasteiger partial charge is 0.351 e. The predicted molar refractivity (Wildman–Crippen MR) is 65.3 cm³/mol. The first-order valence-corrected chi connectivity index (χ1v) is 6.13. The first-order chi connectivity index (χ1) is 6.93. The van der Waals surface area contributed by atoms with Crippen molar-refractivity contribution in [3.8, 4) is 0 Å². The van der Waals surface area contributed by atoms with Crippen molar-refractivity contribution in [1.82, 2.24) is 5.32 Å². The average Bonchev–Trinajstić information content (AvgIpc) is 2.66. The lowest BCUT2D eigenvalue weighted by molar-refractivity contribution is 0.0929. The smallest absolute Gasteiger partial charge is 0.261 e. The fraction of sp³-hybridized carbons (Fsp3) is 0.583. The molecular formula is C12H19NOS. The van der Waals surface area contributed by atoms with Gasteiger partial charge in [-0.25, -0.2) is 0 Å². The first kappa shape index (κ1) is 12.2. The number of rotatable bonds is 4. The molecule has 0 aliphatic carbocycles. The van der Waals surface area contributed by atoms with E-state index in [4.69, 9.17) is 0 Å². The van der Waals surface area contributed by atoms with Crippen LogP contribution in [-0.2, 0) is 0 Å². The van der Waals surface area contributed by atoms with Crippen LogP contribution in [0.2, 0.25) is 0 Å². The molecule has 84 valence electrons. The fourth-order valence-electron chi connectivity index (χ4n) is 1.01. The van der Waals surface area contributed by atoms with Crippen molar-refractivity contribution < 1.29 is 4.79 Å². The van der Waals surface area contributed by atoms with E-state index in [0.717, 1.165) is 11.4 Å². The molecule has 1 rings (SSSR count). The summed E-state index contributed by atoms with van der Waals surface area (Å²) in [5, 5.41) is 4.90. The Balaban J connectivity index is 2.48. The number of carbonyl (C=O) groups excluding carboxylic acids is 1. The van der Waals surface area contributed by atoms with Crippen LogP contribution in [0.25, 0.3) is 0 Å². The highest BCUT2D eigenvalue weighted by atomic mass is 32.1. The van der Waals surface area contributed by atoms with E-state index in [2.05, 4.69) is 33.0 Å². The Bertz CT molecular complexity index is 314. The molecule has 0 saturated carbocycles. The zero-order chi connectivity index (χ0) is 11.5. The summed E-state index contributed by atoms with van der Waals surface area (Å²) < 4.78 is 0. The highest BCUT2D eigenvalue weighted by Gasteiger charge is 2.23. The summed E-state index contributed by atoms with van der Waals surface area (Å²) in [5.41, 5.74) is 0.146. The lowest BCUT2D eigenvalue weighted by Crippen LogP contribution is -2.36. The third kappa shape index (κ3) is 3.34. The van der Waals surface area contributed by atoms with Gasteiger partial charge in [0.2, 0.25) is 0 Å². The van der Waals surface area contributed by atoms with Crippen LogP contribution in [0, 0.1) is 11.3 Å². The van der Waals surface area contributed by atoms with Gasteiger partial charge in [-0.15, -0.1) is 11.3 Å². The van der Waals surface area contributed by atoms with E-state index in [9.17, 15) is 4.79 Å². The number of hydrogen-bond donors (Lipinski definition) is 1. The van der Waals surface area contributed by atoms with Crippen molar-refractivity contribution in [2.75, 3.05) is 6.54 Å². The van der Waals surface area contributed by atoms with Crippen LogP contribution in [0.3, 0.4) is 0 Å². The van der Waals surface area contributed by atoms with Crippen molar-refractivity contribution in [3.63, 3.8) is 0 Å². The Kier molecular flexibility index (Phi) is 3.91. The first-order valence-electron chi connectivity index (χ1n) is 5.25. The molecule has 1 heterocycles. The standard InChI is InChI=1S/C12H19NOS/c1-9(2)12(3,4)8-13-11(14)10-6-5-7-15-10/h5-7,9H,8H2,1-4H3,(H,13,14). The maximum atomic E-state index is 11.7. The molecule has 3 heteroatoms. The van der Waals surface area contributed by atoms with Crippen LogP contribution in [0.5, 0.6) is 0 Å². The van der Waals surface area contributed by atoms with Gasteiger partial charge in [0.1, 0.15) is 0 Å². The molecule has 1 aromatic heterocycles. The molecule has 1 amide bonds. The van der Waals surface area contributed by atoms with Crippen molar-refractivity contribution in [2.45, 2.75) is 27.7 Å². The second kappa shape index (κ2) is 4.79. The summed E-state index contributed by atoms with van der Waals surface area (Å²) in [5.74, 6) is 0.597. The van der Waals surface area contributed by atoms with Crippen LogP contribution in [0.1, 0.15) is 37.4 Å². The van der Waals surface area contributed by atoms with Crippen LogP contribution in [0.4, 0.5) is 0 Å². The zero-order valence-corrected chi connectivity index (χ0v) is 10.6. The molecule has 0 fully saturated rings. The number of amides is 1. The predicted octanol–water partition coefficient (Wildman–Crippen LogP) is 3.16. The van der Waals surface area contributed by atoms with Gasteiger partial charge >= 0.3 is 0 Å². The second-order valence-electron chi connectivity index (χ2n) is 4.80. The Hall–Kier alpha value is -0.830. The maximum Gasteiger partial charge on any atom is 0.261 e. The van der Waals surface area contributed by atoms with E-state index in [0.29, 0.717) is 5.92 Å². The molecule has 0 aliphatic rings. The molecule has 0 unspecified atom stereocenters. The Morgan fingerprint density at radius 3 is 2.67 bits per heavy atom. The Morgan fingerprint density at radius 2 is 2.20 bits per heavy atom. The summed E-state index contributed by atoms with van der Waals surface area (Å²) in [4.78, 5) is 12.5. The van der Waals surface area contributed by atoms with Gasteiger partial charge in [-0.3, -0.25) is 4.79 Å². The van der Waals surface area contributed by atoms with Crippen LogP contribution in [0.15, 0.2) is 17.5 Å². The molecule has 15 heavy (non-hydrogen) atoms. The summed E-state index contributed by atoms with van der Waals surface area (Å²) in [7, 11) is 0. The maximum absolute atomic E-state index is 11.7. The summed E-state index contributed by atoms with van der Waals surface area (Å²) in [6.07, 6.45) is 0. The fourth-order valence-corrected chi connectivity index (χ4v) is 1.65. The highest BCUT2D eigenvalue weighted by Crippen LogP contribution is 2.24. The van der Waals surface area contributed by atoms with Gasteiger partial charge in [-0.1, -0.05) is 33.8 Å². The van der Waals surface area contributed by atoms with Gasteiger partial charge in [0, 0.05) is 6.54 Å². The van der Waals surface area contributed by atoms with E-state index in [1.807, 2.05) is 17.5 Å². The van der Waals surface area contributed by atoms with Crippen molar-refractivity contribution >= 4 is 17.2 Å².